The van der Waals surface area contributed by atoms with E-state index in [-0.39, 0.29) is 11.9 Å². The first kappa shape index (κ1) is 11.5. The maximum Gasteiger partial charge on any atom is 0.242 e. The highest BCUT2D eigenvalue weighted by Gasteiger charge is 2.25. The predicted molar refractivity (Wildman–Crippen MR) is 70.5 cm³/mol. The number of carbonyl (C=O) groups excluding carboxylic acids is 1. The van der Waals surface area contributed by atoms with Crippen molar-refractivity contribution in [2.45, 2.75) is 51.1 Å². The van der Waals surface area contributed by atoms with Crippen LogP contribution in [0.5, 0.6) is 0 Å². The van der Waals surface area contributed by atoms with Gasteiger partial charge in [0.1, 0.15) is 11.9 Å². The number of hydrogen-bond donors (Lipinski definition) is 2. The van der Waals surface area contributed by atoms with Gasteiger partial charge < -0.3 is 10.6 Å². The van der Waals surface area contributed by atoms with E-state index in [1.54, 1.807) is 0 Å². The first-order valence-electron chi connectivity index (χ1n) is 6.78. The molecule has 0 spiro atoms. The molecular formula is C14H19N3O. The zero-order valence-corrected chi connectivity index (χ0v) is 10.7. The Balaban J connectivity index is 1.62. The summed E-state index contributed by atoms with van der Waals surface area (Å²) in [7, 11) is 0. The number of fused-ring (bicyclic) bond motifs is 1. The standard InChI is InChI=1S/C14H19N3O/c1-9(14(18)16-11-6-7-11)15-13-8-5-10-3-2-4-12(10)17-13/h5,8-9,11H,2-4,6-7H2,1H3,(H,15,17)(H,16,18). The number of aryl methyl sites for hydroxylation is 2. The molecule has 2 aliphatic rings. The second-order valence-corrected chi connectivity index (χ2v) is 5.30. The highest BCUT2D eigenvalue weighted by Crippen LogP contribution is 2.22. The van der Waals surface area contributed by atoms with Crippen molar-refractivity contribution in [1.82, 2.24) is 10.3 Å². The summed E-state index contributed by atoms with van der Waals surface area (Å²) >= 11 is 0. The average molecular weight is 245 g/mol. The van der Waals surface area contributed by atoms with Crippen molar-refractivity contribution >= 4 is 11.7 Å². The van der Waals surface area contributed by atoms with Crippen molar-refractivity contribution in [2.24, 2.45) is 0 Å². The molecule has 0 bridgehead atoms. The number of anilines is 1. The van der Waals surface area contributed by atoms with Crippen molar-refractivity contribution in [3.8, 4) is 0 Å². The molecular weight excluding hydrogens is 226 g/mol. The zero-order chi connectivity index (χ0) is 12.5. The number of pyridine rings is 1. The van der Waals surface area contributed by atoms with Gasteiger partial charge in [0.15, 0.2) is 0 Å². The molecule has 1 atom stereocenters. The number of aromatic nitrogens is 1. The average Bonchev–Trinajstić information content (AvgIpc) is 3.05. The number of hydrogen-bond acceptors (Lipinski definition) is 3. The topological polar surface area (TPSA) is 54.0 Å². The third-order valence-corrected chi connectivity index (χ3v) is 3.61. The SMILES string of the molecule is CC(Nc1ccc2c(n1)CCC2)C(=O)NC1CC1. The Morgan fingerprint density at radius 2 is 2.22 bits per heavy atom. The number of nitrogens with one attached hydrogen (secondary N) is 2. The van der Waals surface area contributed by atoms with Crippen LogP contribution in [0.4, 0.5) is 5.82 Å². The minimum Gasteiger partial charge on any atom is -0.359 e. The van der Waals surface area contributed by atoms with Crippen LogP contribution < -0.4 is 10.6 Å². The number of rotatable bonds is 4. The van der Waals surface area contributed by atoms with Crippen LogP contribution in [0.25, 0.3) is 0 Å². The summed E-state index contributed by atoms with van der Waals surface area (Å²) in [6.07, 6.45) is 5.64. The first-order chi connectivity index (χ1) is 8.72. The zero-order valence-electron chi connectivity index (χ0n) is 10.7. The Hall–Kier alpha value is -1.58. The largest absolute Gasteiger partial charge is 0.359 e. The molecule has 1 aromatic heterocycles. The van der Waals surface area contributed by atoms with Crippen LogP contribution in [-0.2, 0) is 17.6 Å². The van der Waals surface area contributed by atoms with Crippen molar-refractivity contribution in [3.63, 3.8) is 0 Å². The molecule has 0 aliphatic heterocycles. The lowest BCUT2D eigenvalue weighted by Gasteiger charge is -2.15. The predicted octanol–water partition coefficient (Wildman–Crippen LogP) is 1.65. The van der Waals surface area contributed by atoms with E-state index < -0.39 is 0 Å². The van der Waals surface area contributed by atoms with Crippen molar-refractivity contribution < 1.29 is 4.79 Å². The normalized spacial score (nSPS) is 19.2. The summed E-state index contributed by atoms with van der Waals surface area (Å²) in [5.74, 6) is 0.883. The fourth-order valence-electron chi connectivity index (χ4n) is 2.34. The molecule has 1 saturated carbocycles. The number of carbonyl (C=O) groups is 1. The molecule has 3 rings (SSSR count). The van der Waals surface area contributed by atoms with E-state index in [0.29, 0.717) is 6.04 Å². The molecule has 1 heterocycles. The molecule has 18 heavy (non-hydrogen) atoms. The monoisotopic (exact) mass is 245 g/mol. The van der Waals surface area contributed by atoms with Gasteiger partial charge in [-0.05, 0) is 50.7 Å². The molecule has 1 amide bonds. The smallest absolute Gasteiger partial charge is 0.242 e. The van der Waals surface area contributed by atoms with E-state index in [0.717, 1.165) is 31.5 Å². The molecule has 0 radical (unpaired) electrons. The van der Waals surface area contributed by atoms with Gasteiger partial charge in [0, 0.05) is 11.7 Å². The van der Waals surface area contributed by atoms with Gasteiger partial charge >= 0.3 is 0 Å². The van der Waals surface area contributed by atoms with Crippen LogP contribution in [0.3, 0.4) is 0 Å². The molecule has 0 aromatic carbocycles. The Bertz CT molecular complexity index is 468. The number of nitrogens with zero attached hydrogens (tertiary/aromatic N) is 1. The van der Waals surface area contributed by atoms with E-state index >= 15 is 0 Å². The lowest BCUT2D eigenvalue weighted by atomic mass is 10.2. The van der Waals surface area contributed by atoms with Gasteiger partial charge in [-0.3, -0.25) is 4.79 Å². The molecule has 4 nitrogen and oxygen atoms in total. The van der Waals surface area contributed by atoms with Crippen LogP contribution in [0.2, 0.25) is 0 Å². The van der Waals surface area contributed by atoms with E-state index in [2.05, 4.69) is 21.7 Å². The highest BCUT2D eigenvalue weighted by molar-refractivity contribution is 5.84. The summed E-state index contributed by atoms with van der Waals surface area (Å²) in [6, 6.07) is 4.29. The van der Waals surface area contributed by atoms with Gasteiger partial charge in [0.2, 0.25) is 5.91 Å². The molecule has 4 heteroatoms. The summed E-state index contributed by atoms with van der Waals surface area (Å²) < 4.78 is 0. The van der Waals surface area contributed by atoms with Crippen molar-refractivity contribution in [3.05, 3.63) is 23.4 Å². The highest BCUT2D eigenvalue weighted by atomic mass is 16.2. The summed E-state index contributed by atoms with van der Waals surface area (Å²) in [5.41, 5.74) is 2.55. The summed E-state index contributed by atoms with van der Waals surface area (Å²) in [4.78, 5) is 16.4. The van der Waals surface area contributed by atoms with Crippen LogP contribution >= 0.6 is 0 Å². The quantitative estimate of drug-likeness (QED) is 0.848. The molecule has 1 unspecified atom stereocenters. The van der Waals surface area contributed by atoms with Gasteiger partial charge in [0.05, 0.1) is 0 Å². The molecule has 1 fully saturated rings. The van der Waals surface area contributed by atoms with Crippen LogP contribution in [0, 0.1) is 0 Å². The van der Waals surface area contributed by atoms with Gasteiger partial charge in [-0.25, -0.2) is 4.98 Å². The lowest BCUT2D eigenvalue weighted by Crippen LogP contribution is -2.38. The van der Waals surface area contributed by atoms with Crippen LogP contribution in [0.15, 0.2) is 12.1 Å². The van der Waals surface area contributed by atoms with E-state index in [4.69, 9.17) is 0 Å². The maximum absolute atomic E-state index is 11.8. The molecule has 2 N–H and O–H groups in total. The minimum atomic E-state index is -0.224. The maximum atomic E-state index is 11.8. The molecule has 2 aliphatic carbocycles. The van der Waals surface area contributed by atoms with Gasteiger partial charge in [-0.2, -0.15) is 0 Å². The Labute approximate surface area is 107 Å². The number of amides is 1. The third-order valence-electron chi connectivity index (χ3n) is 3.61. The van der Waals surface area contributed by atoms with E-state index in [9.17, 15) is 4.79 Å². The van der Waals surface area contributed by atoms with Crippen LogP contribution in [-0.4, -0.2) is 23.0 Å². The molecule has 0 saturated heterocycles. The summed E-state index contributed by atoms with van der Waals surface area (Å²) in [6.45, 7) is 1.88. The van der Waals surface area contributed by atoms with E-state index in [1.807, 2.05) is 13.0 Å². The lowest BCUT2D eigenvalue weighted by molar-refractivity contribution is -0.121. The fourth-order valence-corrected chi connectivity index (χ4v) is 2.34. The Morgan fingerprint density at radius 1 is 1.39 bits per heavy atom. The molecule has 1 aromatic rings. The second kappa shape index (κ2) is 4.59. The molecule has 96 valence electrons. The third kappa shape index (κ3) is 2.47. The van der Waals surface area contributed by atoms with E-state index in [1.165, 1.54) is 17.7 Å². The van der Waals surface area contributed by atoms with Gasteiger partial charge in [0.25, 0.3) is 0 Å². The van der Waals surface area contributed by atoms with Crippen LogP contribution in [0.1, 0.15) is 37.4 Å². The Morgan fingerprint density at radius 3 is 3.00 bits per heavy atom. The van der Waals surface area contributed by atoms with Crippen molar-refractivity contribution in [1.29, 1.82) is 0 Å². The second-order valence-electron chi connectivity index (χ2n) is 5.30. The first-order valence-corrected chi connectivity index (χ1v) is 6.78. The Kier molecular flexibility index (Phi) is 2.94. The fraction of sp³-hybridized carbons (Fsp3) is 0.571. The summed E-state index contributed by atoms with van der Waals surface area (Å²) in [5, 5.41) is 6.18. The van der Waals surface area contributed by atoms with Crippen molar-refractivity contribution in [2.75, 3.05) is 5.32 Å². The van der Waals surface area contributed by atoms with Gasteiger partial charge in [-0.1, -0.05) is 6.07 Å². The minimum absolute atomic E-state index is 0.0693. The van der Waals surface area contributed by atoms with Gasteiger partial charge in [-0.15, -0.1) is 0 Å².